The second-order valence-electron chi connectivity index (χ2n) is 5.51. The molecule has 1 fully saturated rings. The van der Waals surface area contributed by atoms with Gasteiger partial charge >= 0.3 is 0 Å². The Morgan fingerprint density at radius 2 is 2.00 bits per heavy atom. The van der Waals surface area contributed by atoms with E-state index in [1.54, 1.807) is 6.07 Å². The lowest BCUT2D eigenvalue weighted by Crippen LogP contribution is -2.39. The van der Waals surface area contributed by atoms with Crippen LogP contribution in [0, 0.1) is 5.92 Å². The van der Waals surface area contributed by atoms with Crippen LogP contribution < -0.4 is 5.32 Å². The summed E-state index contributed by atoms with van der Waals surface area (Å²) in [7, 11) is 0. The third-order valence-corrected chi connectivity index (χ3v) is 4.30. The molecule has 1 aromatic rings. The van der Waals surface area contributed by atoms with E-state index in [4.69, 9.17) is 0 Å². The predicted molar refractivity (Wildman–Crippen MR) is 75.7 cm³/mol. The SMILES string of the molecule is CCC1CCCCC1NC(C)c1ccccc1O. The van der Waals surface area contributed by atoms with E-state index in [1.165, 1.54) is 32.1 Å². The highest BCUT2D eigenvalue weighted by atomic mass is 16.3. The van der Waals surface area contributed by atoms with Crippen LogP contribution in [0.3, 0.4) is 0 Å². The van der Waals surface area contributed by atoms with Gasteiger partial charge in [-0.1, -0.05) is 44.4 Å². The summed E-state index contributed by atoms with van der Waals surface area (Å²) in [6.45, 7) is 4.44. The van der Waals surface area contributed by atoms with Crippen molar-refractivity contribution in [1.29, 1.82) is 0 Å². The highest BCUT2D eigenvalue weighted by molar-refractivity contribution is 5.34. The van der Waals surface area contributed by atoms with Crippen molar-refractivity contribution >= 4 is 0 Å². The van der Waals surface area contributed by atoms with E-state index < -0.39 is 0 Å². The van der Waals surface area contributed by atoms with Crippen LogP contribution in [0.4, 0.5) is 0 Å². The smallest absolute Gasteiger partial charge is 0.120 e. The molecule has 3 atom stereocenters. The number of phenols is 1. The van der Waals surface area contributed by atoms with E-state index in [0.717, 1.165) is 11.5 Å². The molecule has 2 heteroatoms. The van der Waals surface area contributed by atoms with Crippen LogP contribution in [0.15, 0.2) is 24.3 Å². The van der Waals surface area contributed by atoms with E-state index in [0.29, 0.717) is 11.8 Å². The Bertz CT molecular complexity index is 377. The van der Waals surface area contributed by atoms with E-state index in [9.17, 15) is 5.11 Å². The van der Waals surface area contributed by atoms with Crippen molar-refractivity contribution < 1.29 is 5.11 Å². The molecule has 1 aliphatic rings. The van der Waals surface area contributed by atoms with Crippen LogP contribution in [-0.2, 0) is 0 Å². The van der Waals surface area contributed by atoms with Gasteiger partial charge in [0, 0.05) is 17.6 Å². The molecule has 0 saturated heterocycles. The van der Waals surface area contributed by atoms with Crippen LogP contribution in [-0.4, -0.2) is 11.1 Å². The highest BCUT2D eigenvalue weighted by Crippen LogP contribution is 2.30. The lowest BCUT2D eigenvalue weighted by molar-refractivity contribution is 0.239. The number of rotatable bonds is 4. The van der Waals surface area contributed by atoms with E-state index in [-0.39, 0.29) is 6.04 Å². The third kappa shape index (κ3) is 3.05. The van der Waals surface area contributed by atoms with Gasteiger partial charge in [0.1, 0.15) is 5.75 Å². The van der Waals surface area contributed by atoms with E-state index in [1.807, 2.05) is 18.2 Å². The summed E-state index contributed by atoms with van der Waals surface area (Å²) in [6.07, 6.45) is 6.59. The topological polar surface area (TPSA) is 32.3 Å². The van der Waals surface area contributed by atoms with Crippen molar-refractivity contribution in [3.8, 4) is 5.75 Å². The fraction of sp³-hybridized carbons (Fsp3) is 0.625. The standard InChI is InChI=1S/C16H25NO/c1-3-13-8-4-6-10-15(13)17-12(2)14-9-5-7-11-16(14)18/h5,7,9,11-13,15,17-18H,3-4,6,8,10H2,1-2H3. The van der Waals surface area contributed by atoms with Crippen molar-refractivity contribution in [2.45, 2.75) is 58.0 Å². The average Bonchev–Trinajstić information content (AvgIpc) is 2.39. The molecule has 1 aromatic carbocycles. The van der Waals surface area contributed by atoms with Crippen molar-refractivity contribution in [3.05, 3.63) is 29.8 Å². The first-order valence-electron chi connectivity index (χ1n) is 7.26. The van der Waals surface area contributed by atoms with Crippen LogP contribution in [0.5, 0.6) is 5.75 Å². The van der Waals surface area contributed by atoms with Crippen LogP contribution in [0.2, 0.25) is 0 Å². The maximum absolute atomic E-state index is 9.89. The summed E-state index contributed by atoms with van der Waals surface area (Å²) in [5.74, 6) is 1.20. The normalized spacial score (nSPS) is 25.9. The molecular formula is C16H25NO. The lowest BCUT2D eigenvalue weighted by atomic mass is 9.82. The van der Waals surface area contributed by atoms with Crippen molar-refractivity contribution in [3.63, 3.8) is 0 Å². The molecule has 0 heterocycles. The van der Waals surface area contributed by atoms with Gasteiger partial charge in [-0.2, -0.15) is 0 Å². The average molecular weight is 247 g/mol. The molecule has 2 N–H and O–H groups in total. The zero-order valence-corrected chi connectivity index (χ0v) is 11.5. The Morgan fingerprint density at radius 1 is 1.28 bits per heavy atom. The van der Waals surface area contributed by atoms with Gasteiger partial charge in [0.15, 0.2) is 0 Å². The summed E-state index contributed by atoms with van der Waals surface area (Å²) in [6, 6.07) is 8.48. The summed E-state index contributed by atoms with van der Waals surface area (Å²) in [5, 5.41) is 13.6. The summed E-state index contributed by atoms with van der Waals surface area (Å²) in [4.78, 5) is 0. The Morgan fingerprint density at radius 3 is 2.72 bits per heavy atom. The lowest BCUT2D eigenvalue weighted by Gasteiger charge is -2.34. The van der Waals surface area contributed by atoms with Gasteiger partial charge in [0.05, 0.1) is 0 Å². The molecule has 2 nitrogen and oxygen atoms in total. The zero-order chi connectivity index (χ0) is 13.0. The first kappa shape index (κ1) is 13.4. The minimum absolute atomic E-state index is 0.225. The van der Waals surface area contributed by atoms with Crippen LogP contribution in [0.1, 0.15) is 57.6 Å². The number of benzene rings is 1. The largest absolute Gasteiger partial charge is 0.508 e. The van der Waals surface area contributed by atoms with Crippen molar-refractivity contribution in [2.75, 3.05) is 0 Å². The van der Waals surface area contributed by atoms with Gasteiger partial charge in [-0.15, -0.1) is 0 Å². The second kappa shape index (κ2) is 6.24. The molecule has 1 saturated carbocycles. The molecule has 18 heavy (non-hydrogen) atoms. The first-order chi connectivity index (χ1) is 8.72. The maximum atomic E-state index is 9.89. The van der Waals surface area contributed by atoms with Gasteiger partial charge < -0.3 is 10.4 Å². The van der Waals surface area contributed by atoms with Gasteiger partial charge in [-0.05, 0) is 31.7 Å². The number of phenolic OH excluding ortho intramolecular Hbond substituents is 1. The molecule has 0 aliphatic heterocycles. The van der Waals surface area contributed by atoms with Gasteiger partial charge in [-0.3, -0.25) is 0 Å². The molecule has 100 valence electrons. The number of hydrogen-bond acceptors (Lipinski definition) is 2. The molecular weight excluding hydrogens is 222 g/mol. The zero-order valence-electron chi connectivity index (χ0n) is 11.5. The van der Waals surface area contributed by atoms with E-state index >= 15 is 0 Å². The minimum atomic E-state index is 0.225. The minimum Gasteiger partial charge on any atom is -0.508 e. The van der Waals surface area contributed by atoms with Crippen molar-refractivity contribution in [2.24, 2.45) is 5.92 Å². The first-order valence-corrected chi connectivity index (χ1v) is 7.26. The number of nitrogens with one attached hydrogen (secondary N) is 1. The molecule has 0 aromatic heterocycles. The fourth-order valence-corrected chi connectivity index (χ4v) is 3.18. The summed E-state index contributed by atoms with van der Waals surface area (Å²) < 4.78 is 0. The van der Waals surface area contributed by atoms with Gasteiger partial charge in [0.25, 0.3) is 0 Å². The Hall–Kier alpha value is -1.02. The molecule has 0 bridgehead atoms. The second-order valence-corrected chi connectivity index (χ2v) is 5.51. The molecule has 0 spiro atoms. The maximum Gasteiger partial charge on any atom is 0.120 e. The fourth-order valence-electron chi connectivity index (χ4n) is 3.18. The predicted octanol–water partition coefficient (Wildman–Crippen LogP) is 4.01. The Labute approximate surface area is 110 Å². The number of hydrogen-bond donors (Lipinski definition) is 2. The number of para-hydroxylation sites is 1. The molecule has 3 unspecified atom stereocenters. The Balaban J connectivity index is 2.02. The molecule has 2 rings (SSSR count). The highest BCUT2D eigenvalue weighted by Gasteiger charge is 2.25. The third-order valence-electron chi connectivity index (χ3n) is 4.30. The quantitative estimate of drug-likeness (QED) is 0.842. The van der Waals surface area contributed by atoms with Crippen LogP contribution in [0.25, 0.3) is 0 Å². The molecule has 0 radical (unpaired) electrons. The van der Waals surface area contributed by atoms with Gasteiger partial charge in [-0.25, -0.2) is 0 Å². The number of aromatic hydroxyl groups is 1. The Kier molecular flexibility index (Phi) is 4.65. The van der Waals surface area contributed by atoms with Crippen molar-refractivity contribution in [1.82, 2.24) is 5.32 Å². The molecule has 0 amide bonds. The van der Waals surface area contributed by atoms with Gasteiger partial charge in [0.2, 0.25) is 0 Å². The molecule has 1 aliphatic carbocycles. The monoisotopic (exact) mass is 247 g/mol. The van der Waals surface area contributed by atoms with E-state index in [2.05, 4.69) is 19.2 Å². The summed E-state index contributed by atoms with van der Waals surface area (Å²) >= 11 is 0. The van der Waals surface area contributed by atoms with Crippen LogP contribution >= 0.6 is 0 Å². The summed E-state index contributed by atoms with van der Waals surface area (Å²) in [5.41, 5.74) is 1.01.